The number of hydrogen-bond acceptors (Lipinski definition) is 4. The topological polar surface area (TPSA) is 65.1 Å². The van der Waals surface area contributed by atoms with E-state index in [-0.39, 0.29) is 5.92 Å². The molecular formula is C14H22N4O. The molecule has 2 rings (SSSR count). The molecule has 1 atom stereocenters. The van der Waals surface area contributed by atoms with Gasteiger partial charge in [0, 0.05) is 44.3 Å². The van der Waals surface area contributed by atoms with E-state index in [1.54, 1.807) is 0 Å². The van der Waals surface area contributed by atoms with Crippen molar-refractivity contribution in [2.24, 2.45) is 16.8 Å². The van der Waals surface area contributed by atoms with Gasteiger partial charge in [-0.2, -0.15) is 0 Å². The molecule has 1 fully saturated rings. The van der Waals surface area contributed by atoms with Crippen molar-refractivity contribution in [3.8, 4) is 0 Å². The van der Waals surface area contributed by atoms with Crippen LogP contribution in [0.2, 0.25) is 0 Å². The molecule has 1 unspecified atom stereocenters. The summed E-state index contributed by atoms with van der Waals surface area (Å²) in [7, 11) is 0. The van der Waals surface area contributed by atoms with Crippen LogP contribution in [0.3, 0.4) is 0 Å². The van der Waals surface area contributed by atoms with Gasteiger partial charge in [0.2, 0.25) is 0 Å². The summed E-state index contributed by atoms with van der Waals surface area (Å²) in [5, 5.41) is 11.7. The van der Waals surface area contributed by atoms with Gasteiger partial charge in [-0.15, -0.1) is 0 Å². The highest BCUT2D eigenvalue weighted by Crippen LogP contribution is 2.16. The Kier molecular flexibility index (Phi) is 4.63. The van der Waals surface area contributed by atoms with Crippen molar-refractivity contribution in [1.29, 1.82) is 0 Å². The minimum atomic E-state index is 0.0910. The van der Waals surface area contributed by atoms with Crippen molar-refractivity contribution < 1.29 is 5.21 Å². The van der Waals surface area contributed by atoms with Crippen molar-refractivity contribution in [2.75, 3.05) is 37.6 Å². The lowest BCUT2D eigenvalue weighted by atomic mass is 10.1. The lowest BCUT2D eigenvalue weighted by Gasteiger charge is -2.37. The minimum Gasteiger partial charge on any atom is -0.409 e. The van der Waals surface area contributed by atoms with Crippen LogP contribution in [0.15, 0.2) is 35.5 Å². The van der Waals surface area contributed by atoms with Gasteiger partial charge in [0.05, 0.1) is 0 Å². The van der Waals surface area contributed by atoms with Crippen LogP contribution in [0.1, 0.15) is 6.92 Å². The predicted molar refractivity (Wildman–Crippen MR) is 77.7 cm³/mol. The third kappa shape index (κ3) is 3.61. The van der Waals surface area contributed by atoms with Gasteiger partial charge in [-0.3, -0.25) is 4.90 Å². The standard InChI is InChI=1S/C14H22N4O/c1-12(14(15)16-19)11-17-7-9-18(10-8-17)13-5-3-2-4-6-13/h2-6,12,19H,7-11H2,1H3,(H2,15,16). The van der Waals surface area contributed by atoms with Crippen molar-refractivity contribution in [2.45, 2.75) is 6.92 Å². The molecule has 3 N–H and O–H groups in total. The Morgan fingerprint density at radius 3 is 2.47 bits per heavy atom. The zero-order chi connectivity index (χ0) is 13.7. The molecule has 1 aliphatic heterocycles. The second-order valence-electron chi connectivity index (χ2n) is 5.05. The minimum absolute atomic E-state index is 0.0910. The number of benzene rings is 1. The quantitative estimate of drug-likeness (QED) is 0.370. The molecule has 0 bridgehead atoms. The normalized spacial score (nSPS) is 19.4. The van der Waals surface area contributed by atoms with Gasteiger partial charge in [-0.1, -0.05) is 30.3 Å². The maximum absolute atomic E-state index is 8.66. The number of rotatable bonds is 4. The molecule has 0 radical (unpaired) electrons. The van der Waals surface area contributed by atoms with E-state index in [1.165, 1.54) is 5.69 Å². The molecule has 0 saturated carbocycles. The summed E-state index contributed by atoms with van der Waals surface area (Å²) in [4.78, 5) is 4.76. The van der Waals surface area contributed by atoms with Crippen LogP contribution < -0.4 is 10.6 Å². The van der Waals surface area contributed by atoms with Gasteiger partial charge in [0.15, 0.2) is 0 Å². The van der Waals surface area contributed by atoms with E-state index in [0.717, 1.165) is 32.7 Å². The molecule has 5 nitrogen and oxygen atoms in total. The Morgan fingerprint density at radius 2 is 1.89 bits per heavy atom. The first-order valence-electron chi connectivity index (χ1n) is 6.70. The number of amidine groups is 1. The summed E-state index contributed by atoms with van der Waals surface area (Å²) in [5.41, 5.74) is 6.90. The molecule has 0 aliphatic carbocycles. The summed E-state index contributed by atoms with van der Waals surface area (Å²) in [6, 6.07) is 10.5. The van der Waals surface area contributed by atoms with Gasteiger partial charge in [-0.25, -0.2) is 0 Å². The highest BCUT2D eigenvalue weighted by atomic mass is 16.4. The average molecular weight is 262 g/mol. The zero-order valence-corrected chi connectivity index (χ0v) is 11.4. The number of nitrogens with zero attached hydrogens (tertiary/aromatic N) is 3. The highest BCUT2D eigenvalue weighted by molar-refractivity contribution is 5.82. The smallest absolute Gasteiger partial charge is 0.143 e. The SMILES string of the molecule is CC(CN1CCN(c2ccccc2)CC1)/C(N)=N/O. The van der Waals surface area contributed by atoms with Crippen LogP contribution >= 0.6 is 0 Å². The summed E-state index contributed by atoms with van der Waals surface area (Å²) in [6.07, 6.45) is 0. The number of hydrogen-bond donors (Lipinski definition) is 2. The Hall–Kier alpha value is -1.75. The van der Waals surface area contributed by atoms with Gasteiger partial charge in [0.1, 0.15) is 5.84 Å². The first-order chi connectivity index (χ1) is 9.20. The molecule has 1 saturated heterocycles. The molecular weight excluding hydrogens is 240 g/mol. The third-order valence-electron chi connectivity index (χ3n) is 3.65. The molecule has 104 valence electrons. The first kappa shape index (κ1) is 13.7. The second kappa shape index (κ2) is 6.43. The Balaban J connectivity index is 1.83. The highest BCUT2D eigenvalue weighted by Gasteiger charge is 2.19. The lowest BCUT2D eigenvalue weighted by Crippen LogP contribution is -2.48. The molecule has 1 aliphatic rings. The maximum atomic E-state index is 8.66. The van der Waals surface area contributed by atoms with E-state index in [2.05, 4.69) is 39.2 Å². The molecule has 0 spiro atoms. The van der Waals surface area contributed by atoms with Crippen molar-refractivity contribution in [3.05, 3.63) is 30.3 Å². The number of piperazine rings is 1. The number of anilines is 1. The Bertz CT molecular complexity index is 413. The van der Waals surface area contributed by atoms with Crippen molar-refractivity contribution in [3.63, 3.8) is 0 Å². The zero-order valence-electron chi connectivity index (χ0n) is 11.4. The van der Waals surface area contributed by atoms with Crippen LogP contribution in [0, 0.1) is 5.92 Å². The van der Waals surface area contributed by atoms with E-state index in [9.17, 15) is 0 Å². The van der Waals surface area contributed by atoms with Gasteiger partial charge in [0.25, 0.3) is 0 Å². The van der Waals surface area contributed by atoms with Crippen LogP contribution in [0.5, 0.6) is 0 Å². The number of oxime groups is 1. The second-order valence-corrected chi connectivity index (χ2v) is 5.05. The van der Waals surface area contributed by atoms with E-state index in [0.29, 0.717) is 5.84 Å². The first-order valence-corrected chi connectivity index (χ1v) is 6.70. The fraction of sp³-hybridized carbons (Fsp3) is 0.500. The van der Waals surface area contributed by atoms with Gasteiger partial charge in [-0.05, 0) is 12.1 Å². The van der Waals surface area contributed by atoms with E-state index < -0.39 is 0 Å². The molecule has 1 aromatic carbocycles. The molecule has 1 aromatic rings. The summed E-state index contributed by atoms with van der Waals surface area (Å²) in [6.45, 7) is 6.90. The summed E-state index contributed by atoms with van der Waals surface area (Å²) < 4.78 is 0. The van der Waals surface area contributed by atoms with Crippen LogP contribution in [-0.4, -0.2) is 48.7 Å². The van der Waals surface area contributed by atoms with Crippen LogP contribution in [0.25, 0.3) is 0 Å². The summed E-state index contributed by atoms with van der Waals surface area (Å²) in [5.74, 6) is 0.402. The molecule has 19 heavy (non-hydrogen) atoms. The molecule has 0 amide bonds. The Morgan fingerprint density at radius 1 is 1.26 bits per heavy atom. The van der Waals surface area contributed by atoms with E-state index in [1.807, 2.05) is 13.0 Å². The third-order valence-corrected chi connectivity index (χ3v) is 3.65. The number of nitrogens with two attached hydrogens (primary N) is 1. The largest absolute Gasteiger partial charge is 0.409 e. The Labute approximate surface area is 114 Å². The van der Waals surface area contributed by atoms with Crippen molar-refractivity contribution in [1.82, 2.24) is 4.90 Å². The number of para-hydroxylation sites is 1. The fourth-order valence-electron chi connectivity index (χ4n) is 2.41. The van der Waals surface area contributed by atoms with Crippen LogP contribution in [-0.2, 0) is 0 Å². The predicted octanol–water partition coefficient (Wildman–Crippen LogP) is 1.19. The van der Waals surface area contributed by atoms with Gasteiger partial charge < -0.3 is 15.8 Å². The summed E-state index contributed by atoms with van der Waals surface area (Å²) >= 11 is 0. The molecule has 1 heterocycles. The van der Waals surface area contributed by atoms with Gasteiger partial charge >= 0.3 is 0 Å². The molecule has 5 heteroatoms. The molecule has 0 aromatic heterocycles. The fourth-order valence-corrected chi connectivity index (χ4v) is 2.41. The lowest BCUT2D eigenvalue weighted by molar-refractivity contribution is 0.240. The average Bonchev–Trinajstić information content (AvgIpc) is 2.48. The van der Waals surface area contributed by atoms with Crippen LogP contribution in [0.4, 0.5) is 5.69 Å². The monoisotopic (exact) mass is 262 g/mol. The maximum Gasteiger partial charge on any atom is 0.143 e. The van der Waals surface area contributed by atoms with E-state index >= 15 is 0 Å². The van der Waals surface area contributed by atoms with Crippen molar-refractivity contribution >= 4 is 11.5 Å². The van der Waals surface area contributed by atoms with E-state index in [4.69, 9.17) is 10.9 Å².